The van der Waals surface area contributed by atoms with Gasteiger partial charge in [-0.1, -0.05) is 18.6 Å². The standard InChI is InChI=1S/C22H28N4O3S/c27-20(13-17-15-30-22(25-17)26-11-5-10-23-21(26)28)24-14-16-6-4-9-19(12-16)29-18-7-2-1-3-8-18/h4,6,9,12,15,18H,1-3,5,7-8,10-11,13-14H2,(H,23,28)(H,24,27). The van der Waals surface area contributed by atoms with Crippen molar-refractivity contribution in [2.24, 2.45) is 0 Å². The first-order valence-electron chi connectivity index (χ1n) is 10.7. The summed E-state index contributed by atoms with van der Waals surface area (Å²) in [6.45, 7) is 1.80. The number of hydrogen-bond acceptors (Lipinski definition) is 5. The number of urea groups is 1. The van der Waals surface area contributed by atoms with Gasteiger partial charge in [-0.25, -0.2) is 9.78 Å². The van der Waals surface area contributed by atoms with Gasteiger partial charge in [0.25, 0.3) is 0 Å². The summed E-state index contributed by atoms with van der Waals surface area (Å²) in [5.41, 5.74) is 1.70. The fourth-order valence-corrected chi connectivity index (χ4v) is 4.69. The van der Waals surface area contributed by atoms with E-state index in [0.29, 0.717) is 36.6 Å². The molecular weight excluding hydrogens is 400 g/mol. The molecule has 3 amide bonds. The van der Waals surface area contributed by atoms with Gasteiger partial charge in [0.1, 0.15) is 5.75 Å². The lowest BCUT2D eigenvalue weighted by Crippen LogP contribution is -2.46. The van der Waals surface area contributed by atoms with Crippen molar-refractivity contribution in [1.82, 2.24) is 15.6 Å². The first-order valence-corrected chi connectivity index (χ1v) is 11.6. The Morgan fingerprint density at radius 3 is 2.97 bits per heavy atom. The highest BCUT2D eigenvalue weighted by molar-refractivity contribution is 7.14. The van der Waals surface area contributed by atoms with Crippen molar-refractivity contribution in [3.8, 4) is 5.75 Å². The lowest BCUT2D eigenvalue weighted by Gasteiger charge is -2.24. The van der Waals surface area contributed by atoms with Gasteiger partial charge in [-0.05, 0) is 49.8 Å². The molecule has 7 nitrogen and oxygen atoms in total. The minimum absolute atomic E-state index is 0.0893. The fraction of sp³-hybridized carbons (Fsp3) is 0.500. The minimum atomic E-state index is -0.123. The average molecular weight is 429 g/mol. The molecule has 30 heavy (non-hydrogen) atoms. The molecule has 2 N–H and O–H groups in total. The van der Waals surface area contributed by atoms with E-state index in [1.54, 1.807) is 4.90 Å². The molecule has 2 aliphatic rings. The number of nitrogens with one attached hydrogen (secondary N) is 2. The summed E-state index contributed by atoms with van der Waals surface area (Å²) in [5, 5.41) is 8.25. The molecule has 0 radical (unpaired) electrons. The zero-order valence-corrected chi connectivity index (χ0v) is 17.9. The Morgan fingerprint density at radius 2 is 2.13 bits per heavy atom. The van der Waals surface area contributed by atoms with E-state index in [0.717, 1.165) is 30.6 Å². The molecule has 1 aromatic carbocycles. The predicted molar refractivity (Wildman–Crippen MR) is 117 cm³/mol. The van der Waals surface area contributed by atoms with Crippen LogP contribution in [0, 0.1) is 0 Å². The third-order valence-corrected chi connectivity index (χ3v) is 6.35. The van der Waals surface area contributed by atoms with E-state index < -0.39 is 0 Å². The Labute approximate surface area is 180 Å². The number of hydrogen-bond donors (Lipinski definition) is 2. The minimum Gasteiger partial charge on any atom is -0.490 e. The molecule has 1 aliphatic heterocycles. The number of carbonyl (C=O) groups excluding carboxylic acids is 2. The Morgan fingerprint density at radius 1 is 1.27 bits per heavy atom. The van der Waals surface area contributed by atoms with E-state index in [-0.39, 0.29) is 18.4 Å². The van der Waals surface area contributed by atoms with Crippen LogP contribution in [0.4, 0.5) is 9.93 Å². The summed E-state index contributed by atoms with van der Waals surface area (Å²) in [5.74, 6) is 0.783. The van der Waals surface area contributed by atoms with Crippen molar-refractivity contribution in [2.75, 3.05) is 18.0 Å². The molecule has 1 aromatic heterocycles. The van der Waals surface area contributed by atoms with Crippen molar-refractivity contribution in [1.29, 1.82) is 0 Å². The van der Waals surface area contributed by atoms with Gasteiger partial charge < -0.3 is 15.4 Å². The molecular formula is C22H28N4O3S. The summed E-state index contributed by atoms with van der Waals surface area (Å²) in [4.78, 5) is 30.4. The number of carbonyl (C=O) groups is 2. The van der Waals surface area contributed by atoms with Crippen LogP contribution >= 0.6 is 11.3 Å². The molecule has 8 heteroatoms. The second kappa shape index (κ2) is 9.93. The van der Waals surface area contributed by atoms with Crippen LogP contribution in [0.1, 0.15) is 49.8 Å². The summed E-state index contributed by atoms with van der Waals surface area (Å²) < 4.78 is 6.11. The quantitative estimate of drug-likeness (QED) is 0.705. The van der Waals surface area contributed by atoms with Crippen molar-refractivity contribution < 1.29 is 14.3 Å². The molecule has 1 saturated carbocycles. The van der Waals surface area contributed by atoms with Crippen LogP contribution in [0.2, 0.25) is 0 Å². The number of ether oxygens (including phenoxy) is 1. The van der Waals surface area contributed by atoms with Gasteiger partial charge in [0.2, 0.25) is 5.91 Å². The number of aromatic nitrogens is 1. The molecule has 4 rings (SSSR count). The number of nitrogens with zero attached hydrogens (tertiary/aromatic N) is 2. The van der Waals surface area contributed by atoms with E-state index >= 15 is 0 Å². The molecule has 2 heterocycles. The van der Waals surface area contributed by atoms with Gasteiger partial charge >= 0.3 is 6.03 Å². The number of anilines is 1. The molecule has 2 aromatic rings. The molecule has 0 spiro atoms. The zero-order valence-electron chi connectivity index (χ0n) is 17.1. The Bertz CT molecular complexity index is 879. The number of amides is 3. The maximum absolute atomic E-state index is 12.4. The largest absolute Gasteiger partial charge is 0.490 e. The highest BCUT2D eigenvalue weighted by Crippen LogP contribution is 2.24. The summed E-state index contributed by atoms with van der Waals surface area (Å²) in [7, 11) is 0. The molecule has 0 atom stereocenters. The number of rotatable bonds is 7. The Kier molecular flexibility index (Phi) is 6.84. The van der Waals surface area contributed by atoms with Crippen LogP contribution in [-0.4, -0.2) is 36.1 Å². The monoisotopic (exact) mass is 428 g/mol. The van der Waals surface area contributed by atoms with Crippen LogP contribution in [0.25, 0.3) is 0 Å². The average Bonchev–Trinajstić information content (AvgIpc) is 3.22. The number of thiazole rings is 1. The van der Waals surface area contributed by atoms with Gasteiger partial charge in [0.15, 0.2) is 5.13 Å². The molecule has 0 bridgehead atoms. The van der Waals surface area contributed by atoms with E-state index in [1.165, 1.54) is 30.6 Å². The summed E-state index contributed by atoms with van der Waals surface area (Å²) in [6.07, 6.45) is 7.42. The molecule has 1 aliphatic carbocycles. The smallest absolute Gasteiger partial charge is 0.323 e. The normalized spacial score (nSPS) is 17.5. The van der Waals surface area contributed by atoms with E-state index in [9.17, 15) is 9.59 Å². The first kappa shape index (κ1) is 20.7. The zero-order chi connectivity index (χ0) is 20.8. The topological polar surface area (TPSA) is 83.6 Å². The summed E-state index contributed by atoms with van der Waals surface area (Å²) >= 11 is 1.39. The van der Waals surface area contributed by atoms with Crippen molar-refractivity contribution in [3.63, 3.8) is 0 Å². The predicted octanol–water partition coefficient (Wildman–Crippen LogP) is 3.63. The van der Waals surface area contributed by atoms with Crippen LogP contribution in [0.5, 0.6) is 5.75 Å². The highest BCUT2D eigenvalue weighted by Gasteiger charge is 2.22. The maximum atomic E-state index is 12.4. The van der Waals surface area contributed by atoms with E-state index in [1.807, 2.05) is 29.6 Å². The maximum Gasteiger partial charge on any atom is 0.323 e. The molecule has 160 valence electrons. The molecule has 2 fully saturated rings. The van der Waals surface area contributed by atoms with E-state index in [4.69, 9.17) is 4.74 Å². The van der Waals surface area contributed by atoms with Crippen molar-refractivity contribution in [2.45, 2.75) is 57.6 Å². The summed E-state index contributed by atoms with van der Waals surface area (Å²) in [6, 6.07) is 7.82. The SMILES string of the molecule is O=C(Cc1csc(N2CCCNC2=O)n1)NCc1cccc(OC2CCCCC2)c1. The fourth-order valence-electron chi connectivity index (χ4n) is 3.85. The van der Waals surface area contributed by atoms with Crippen LogP contribution in [0.15, 0.2) is 29.6 Å². The molecule has 1 saturated heterocycles. The van der Waals surface area contributed by atoms with Crippen LogP contribution in [-0.2, 0) is 17.8 Å². The van der Waals surface area contributed by atoms with Crippen LogP contribution in [0.3, 0.4) is 0 Å². The third kappa shape index (κ3) is 5.50. The van der Waals surface area contributed by atoms with Gasteiger partial charge in [0.05, 0.1) is 18.2 Å². The Balaban J connectivity index is 1.27. The highest BCUT2D eigenvalue weighted by atomic mass is 32.1. The van der Waals surface area contributed by atoms with Gasteiger partial charge in [-0.3, -0.25) is 9.69 Å². The first-order chi connectivity index (χ1) is 14.7. The second-order valence-corrected chi connectivity index (χ2v) is 8.67. The lowest BCUT2D eigenvalue weighted by atomic mass is 9.98. The van der Waals surface area contributed by atoms with Gasteiger partial charge in [-0.15, -0.1) is 11.3 Å². The third-order valence-electron chi connectivity index (χ3n) is 5.44. The van der Waals surface area contributed by atoms with Gasteiger partial charge in [-0.2, -0.15) is 0 Å². The lowest BCUT2D eigenvalue weighted by molar-refractivity contribution is -0.120. The van der Waals surface area contributed by atoms with Crippen molar-refractivity contribution in [3.05, 3.63) is 40.9 Å². The second-order valence-electron chi connectivity index (χ2n) is 7.84. The van der Waals surface area contributed by atoms with Gasteiger partial charge in [0, 0.05) is 25.0 Å². The van der Waals surface area contributed by atoms with Crippen LogP contribution < -0.4 is 20.3 Å². The Hall–Kier alpha value is -2.61. The van der Waals surface area contributed by atoms with Crippen molar-refractivity contribution >= 4 is 28.4 Å². The number of benzene rings is 1. The van der Waals surface area contributed by atoms with E-state index in [2.05, 4.69) is 15.6 Å². The molecule has 0 unspecified atom stereocenters.